The van der Waals surface area contributed by atoms with Crippen LogP contribution < -0.4 is 5.32 Å². The summed E-state index contributed by atoms with van der Waals surface area (Å²) < 4.78 is 18.5. The Kier molecular flexibility index (Phi) is 6.54. The molecule has 0 aliphatic carbocycles. The number of carbonyl (C=O) groups is 2. The number of amides is 1. The van der Waals surface area contributed by atoms with Crippen molar-refractivity contribution >= 4 is 12.1 Å². The molecule has 0 unspecified atom stereocenters. The molecule has 128 valence electrons. The fourth-order valence-electron chi connectivity index (χ4n) is 2.40. The lowest BCUT2D eigenvalue weighted by molar-refractivity contribution is -0.142. The highest BCUT2D eigenvalue weighted by atomic mass is 19.1. The van der Waals surface area contributed by atoms with Gasteiger partial charge in [-0.05, 0) is 50.8 Å². The van der Waals surface area contributed by atoms with Crippen molar-refractivity contribution in [3.05, 3.63) is 35.6 Å². The average molecular weight is 325 g/mol. The largest absolute Gasteiger partial charge is 0.481 e. The van der Waals surface area contributed by atoms with Crippen molar-refractivity contribution in [3.63, 3.8) is 0 Å². The molecule has 2 atom stereocenters. The van der Waals surface area contributed by atoms with Gasteiger partial charge in [-0.3, -0.25) is 4.79 Å². The highest BCUT2D eigenvalue weighted by molar-refractivity contribution is 5.73. The maximum atomic E-state index is 13.4. The van der Waals surface area contributed by atoms with Gasteiger partial charge in [0.1, 0.15) is 11.4 Å². The van der Waals surface area contributed by atoms with E-state index in [1.807, 2.05) is 6.92 Å². The first-order chi connectivity index (χ1) is 10.6. The number of hydrogen-bond donors (Lipinski definition) is 2. The van der Waals surface area contributed by atoms with Gasteiger partial charge in [-0.2, -0.15) is 0 Å². The maximum Gasteiger partial charge on any atom is 0.407 e. The minimum atomic E-state index is -1.04. The van der Waals surface area contributed by atoms with Crippen LogP contribution in [0.25, 0.3) is 0 Å². The lowest BCUT2D eigenvalue weighted by atomic mass is 9.84. The van der Waals surface area contributed by atoms with E-state index in [0.717, 1.165) is 0 Å². The highest BCUT2D eigenvalue weighted by Gasteiger charge is 2.29. The molecule has 2 N–H and O–H groups in total. The van der Waals surface area contributed by atoms with Gasteiger partial charge in [-0.1, -0.05) is 19.1 Å². The molecule has 0 spiro atoms. The molecule has 6 heteroatoms. The molecule has 1 aromatic carbocycles. The van der Waals surface area contributed by atoms with E-state index in [2.05, 4.69) is 5.32 Å². The molecule has 1 amide bonds. The fourth-order valence-corrected chi connectivity index (χ4v) is 2.40. The summed E-state index contributed by atoms with van der Waals surface area (Å²) in [5.74, 6) is -2.73. The Balaban J connectivity index is 2.84. The maximum absolute atomic E-state index is 13.4. The van der Waals surface area contributed by atoms with Gasteiger partial charge in [0.15, 0.2) is 0 Å². The first-order valence-electron chi connectivity index (χ1n) is 7.59. The quantitative estimate of drug-likeness (QED) is 0.839. The molecule has 0 bridgehead atoms. The Morgan fingerprint density at radius 2 is 2.00 bits per heavy atom. The Labute approximate surface area is 135 Å². The van der Waals surface area contributed by atoms with Crippen LogP contribution in [0, 0.1) is 11.7 Å². The highest BCUT2D eigenvalue weighted by Crippen LogP contribution is 2.28. The minimum absolute atomic E-state index is 0.0841. The normalized spacial score (nSPS) is 14.0. The molecule has 0 aromatic heterocycles. The van der Waals surface area contributed by atoms with Gasteiger partial charge in [-0.15, -0.1) is 0 Å². The number of hydrogen-bond acceptors (Lipinski definition) is 3. The molecule has 1 aromatic rings. The molecule has 0 heterocycles. The second kappa shape index (κ2) is 7.94. The number of carboxylic acid groups (broad SMARTS) is 1. The zero-order chi connectivity index (χ0) is 17.6. The first-order valence-corrected chi connectivity index (χ1v) is 7.59. The summed E-state index contributed by atoms with van der Waals surface area (Å²) in [5, 5.41) is 11.9. The molecule has 0 saturated carbocycles. The second-order valence-electron chi connectivity index (χ2n) is 6.40. The van der Waals surface area contributed by atoms with Crippen LogP contribution in [0.15, 0.2) is 24.3 Å². The summed E-state index contributed by atoms with van der Waals surface area (Å²) in [5.41, 5.74) is -0.0545. The van der Waals surface area contributed by atoms with Crippen molar-refractivity contribution in [1.82, 2.24) is 5.32 Å². The van der Waals surface area contributed by atoms with E-state index in [1.54, 1.807) is 32.9 Å². The van der Waals surface area contributed by atoms with E-state index >= 15 is 0 Å². The van der Waals surface area contributed by atoms with Gasteiger partial charge in [0.05, 0.1) is 5.92 Å². The van der Waals surface area contributed by atoms with Gasteiger partial charge in [0.25, 0.3) is 0 Å². The van der Waals surface area contributed by atoms with Crippen LogP contribution in [0.2, 0.25) is 0 Å². The minimum Gasteiger partial charge on any atom is -0.481 e. The van der Waals surface area contributed by atoms with Gasteiger partial charge in [0, 0.05) is 6.54 Å². The van der Waals surface area contributed by atoms with Crippen LogP contribution in [0.1, 0.15) is 45.6 Å². The summed E-state index contributed by atoms with van der Waals surface area (Å²) in [7, 11) is 0. The van der Waals surface area contributed by atoms with E-state index in [4.69, 9.17) is 4.74 Å². The van der Waals surface area contributed by atoms with Crippen LogP contribution >= 0.6 is 0 Å². The molecule has 1 rings (SSSR count). The third-order valence-corrected chi connectivity index (χ3v) is 3.38. The molecule has 0 radical (unpaired) electrons. The number of alkyl carbamates (subject to hydrolysis) is 1. The number of ether oxygens (including phenoxy) is 1. The Morgan fingerprint density at radius 3 is 2.48 bits per heavy atom. The molecule has 23 heavy (non-hydrogen) atoms. The smallest absolute Gasteiger partial charge is 0.407 e. The summed E-state index contributed by atoms with van der Waals surface area (Å²) in [6.07, 6.45) is -0.158. The van der Waals surface area contributed by atoms with Gasteiger partial charge >= 0.3 is 12.1 Å². The number of halogens is 1. The van der Waals surface area contributed by atoms with E-state index < -0.39 is 35.3 Å². The van der Waals surface area contributed by atoms with Gasteiger partial charge < -0.3 is 15.2 Å². The summed E-state index contributed by atoms with van der Waals surface area (Å²) in [4.78, 5) is 23.3. The van der Waals surface area contributed by atoms with Crippen molar-refractivity contribution in [2.75, 3.05) is 6.54 Å². The molecular weight excluding hydrogens is 301 g/mol. The van der Waals surface area contributed by atoms with E-state index in [-0.39, 0.29) is 6.54 Å². The SMILES string of the molecule is CC[C@@H](c1cccc(F)c1)[C@@H](CNC(=O)OC(C)(C)C)C(=O)O. The summed E-state index contributed by atoms with van der Waals surface area (Å²) in [6, 6.07) is 5.89. The van der Waals surface area contributed by atoms with E-state index in [1.165, 1.54) is 12.1 Å². The van der Waals surface area contributed by atoms with Crippen molar-refractivity contribution in [2.45, 2.75) is 45.6 Å². The Morgan fingerprint density at radius 1 is 1.35 bits per heavy atom. The predicted molar refractivity (Wildman–Crippen MR) is 84.8 cm³/mol. The van der Waals surface area contributed by atoms with Crippen LogP contribution in [-0.2, 0) is 9.53 Å². The number of aliphatic carboxylic acids is 1. The summed E-state index contributed by atoms with van der Waals surface area (Å²) in [6.45, 7) is 6.92. The van der Waals surface area contributed by atoms with Crippen LogP contribution in [0.4, 0.5) is 9.18 Å². The number of rotatable bonds is 6. The van der Waals surface area contributed by atoms with Crippen LogP contribution in [0.3, 0.4) is 0 Å². The standard InChI is InChI=1S/C17H24FNO4/c1-5-13(11-7-6-8-12(18)9-11)14(15(20)21)10-19-16(22)23-17(2,3)4/h6-9,13-14H,5,10H2,1-4H3,(H,19,22)(H,20,21)/t13-,14+/m0/s1. The molecule has 0 saturated heterocycles. The van der Waals surface area contributed by atoms with Gasteiger partial charge in [-0.25, -0.2) is 9.18 Å². The van der Waals surface area contributed by atoms with E-state index in [0.29, 0.717) is 12.0 Å². The number of benzene rings is 1. The first kappa shape index (κ1) is 18.9. The Hall–Kier alpha value is -2.11. The molecule has 0 aliphatic rings. The lowest BCUT2D eigenvalue weighted by Crippen LogP contribution is -2.39. The average Bonchev–Trinajstić information content (AvgIpc) is 2.41. The number of nitrogens with one attached hydrogen (secondary N) is 1. The molecular formula is C17H24FNO4. The number of carboxylic acids is 1. The molecule has 0 aliphatic heterocycles. The zero-order valence-corrected chi connectivity index (χ0v) is 13.9. The predicted octanol–water partition coefficient (Wildman–Crippen LogP) is 3.54. The number of carbonyl (C=O) groups excluding carboxylic acids is 1. The van der Waals surface area contributed by atoms with Crippen LogP contribution in [-0.4, -0.2) is 29.3 Å². The van der Waals surface area contributed by atoms with Crippen molar-refractivity contribution in [2.24, 2.45) is 5.92 Å². The summed E-state index contributed by atoms with van der Waals surface area (Å²) >= 11 is 0. The van der Waals surface area contributed by atoms with E-state index in [9.17, 15) is 19.1 Å². The lowest BCUT2D eigenvalue weighted by Gasteiger charge is -2.25. The molecule has 5 nitrogen and oxygen atoms in total. The Bertz CT molecular complexity index is 554. The van der Waals surface area contributed by atoms with Crippen LogP contribution in [0.5, 0.6) is 0 Å². The monoisotopic (exact) mass is 325 g/mol. The van der Waals surface area contributed by atoms with Crippen molar-refractivity contribution < 1.29 is 23.8 Å². The van der Waals surface area contributed by atoms with Crippen molar-refractivity contribution in [1.29, 1.82) is 0 Å². The van der Waals surface area contributed by atoms with Crippen molar-refractivity contribution in [3.8, 4) is 0 Å². The van der Waals surface area contributed by atoms with Gasteiger partial charge in [0.2, 0.25) is 0 Å². The topological polar surface area (TPSA) is 75.6 Å². The third kappa shape index (κ3) is 6.26. The fraction of sp³-hybridized carbons (Fsp3) is 0.529. The second-order valence-corrected chi connectivity index (χ2v) is 6.40. The zero-order valence-electron chi connectivity index (χ0n) is 13.9. The third-order valence-electron chi connectivity index (χ3n) is 3.38. The molecule has 0 fully saturated rings.